The lowest BCUT2D eigenvalue weighted by molar-refractivity contribution is -0.123. The van der Waals surface area contributed by atoms with Crippen molar-refractivity contribution in [3.63, 3.8) is 0 Å². The summed E-state index contributed by atoms with van der Waals surface area (Å²) in [5.41, 5.74) is 1.26. The second-order valence-corrected chi connectivity index (χ2v) is 6.19. The number of halogens is 1. The van der Waals surface area contributed by atoms with Gasteiger partial charge >= 0.3 is 0 Å². The molecule has 0 aliphatic heterocycles. The summed E-state index contributed by atoms with van der Waals surface area (Å²) in [6, 6.07) is 8.64. The summed E-state index contributed by atoms with van der Waals surface area (Å²) >= 11 is 6.20. The van der Waals surface area contributed by atoms with Gasteiger partial charge in [0, 0.05) is 30.1 Å². The molecule has 0 saturated heterocycles. The van der Waals surface area contributed by atoms with Crippen molar-refractivity contribution in [2.24, 2.45) is 5.92 Å². The van der Waals surface area contributed by atoms with Gasteiger partial charge in [-0.15, -0.1) is 0 Å². The molecule has 1 aliphatic rings. The van der Waals surface area contributed by atoms with Gasteiger partial charge in [-0.05, 0) is 30.4 Å². The van der Waals surface area contributed by atoms with E-state index < -0.39 is 0 Å². The minimum absolute atomic E-state index is 0.0586. The Hall–Kier alpha value is -1.06. The Bertz CT molecular complexity index is 456. The van der Waals surface area contributed by atoms with Gasteiger partial charge in [0.2, 0.25) is 5.91 Å². The lowest BCUT2D eigenvalue weighted by atomic mass is 9.76. The van der Waals surface area contributed by atoms with Gasteiger partial charge in [-0.25, -0.2) is 0 Å². The van der Waals surface area contributed by atoms with Crippen LogP contribution in [0.4, 0.5) is 0 Å². The van der Waals surface area contributed by atoms with Gasteiger partial charge in [-0.2, -0.15) is 0 Å². The lowest BCUT2D eigenvalue weighted by Gasteiger charge is -2.37. The second kappa shape index (κ2) is 7.09. The van der Waals surface area contributed by atoms with Crippen molar-refractivity contribution in [1.29, 1.82) is 0 Å². The maximum Gasteiger partial charge on any atom is 0.222 e. The van der Waals surface area contributed by atoms with Crippen molar-refractivity contribution in [2.75, 3.05) is 13.1 Å². The standard InChI is InChI=1S/C16H23ClN2O/c1-11(2)16(20)19-8-7-18-13-9-12(10-13)14-5-3-4-6-15(14)17/h3-6,11-13,18H,7-10H2,1-2H3,(H,19,20). The molecule has 0 radical (unpaired) electrons. The first-order valence-corrected chi connectivity index (χ1v) is 7.71. The average molecular weight is 295 g/mol. The number of carbonyl (C=O) groups is 1. The first kappa shape index (κ1) is 15.3. The van der Waals surface area contributed by atoms with E-state index in [1.54, 1.807) is 0 Å². The van der Waals surface area contributed by atoms with Gasteiger partial charge in [-0.1, -0.05) is 43.6 Å². The van der Waals surface area contributed by atoms with Crippen LogP contribution in [0.25, 0.3) is 0 Å². The number of nitrogens with one attached hydrogen (secondary N) is 2. The van der Waals surface area contributed by atoms with E-state index in [4.69, 9.17) is 11.6 Å². The molecule has 0 spiro atoms. The van der Waals surface area contributed by atoms with E-state index in [1.807, 2.05) is 32.0 Å². The van der Waals surface area contributed by atoms with Gasteiger partial charge in [-0.3, -0.25) is 4.79 Å². The van der Waals surface area contributed by atoms with Crippen LogP contribution in [0.2, 0.25) is 5.02 Å². The van der Waals surface area contributed by atoms with Crippen molar-refractivity contribution in [2.45, 2.75) is 38.6 Å². The summed E-state index contributed by atoms with van der Waals surface area (Å²) in [5, 5.41) is 7.27. The highest BCUT2D eigenvalue weighted by atomic mass is 35.5. The highest BCUT2D eigenvalue weighted by Crippen LogP contribution is 2.39. The Morgan fingerprint density at radius 3 is 2.65 bits per heavy atom. The summed E-state index contributed by atoms with van der Waals surface area (Å²) in [7, 11) is 0. The quantitative estimate of drug-likeness (QED) is 0.792. The van der Waals surface area contributed by atoms with Crippen molar-refractivity contribution in [1.82, 2.24) is 10.6 Å². The topological polar surface area (TPSA) is 41.1 Å². The second-order valence-electron chi connectivity index (χ2n) is 5.79. The number of hydrogen-bond donors (Lipinski definition) is 2. The van der Waals surface area contributed by atoms with Crippen LogP contribution in [-0.2, 0) is 4.79 Å². The van der Waals surface area contributed by atoms with Gasteiger partial charge in [0.25, 0.3) is 0 Å². The molecular weight excluding hydrogens is 272 g/mol. The molecule has 0 unspecified atom stereocenters. The minimum atomic E-state index is 0.0586. The molecule has 2 N–H and O–H groups in total. The predicted octanol–water partition coefficient (Wildman–Crippen LogP) is 2.95. The molecule has 0 heterocycles. The number of benzene rings is 1. The Morgan fingerprint density at radius 2 is 2.00 bits per heavy atom. The van der Waals surface area contributed by atoms with Crippen LogP contribution >= 0.6 is 11.6 Å². The summed E-state index contributed by atoms with van der Waals surface area (Å²) in [6.45, 7) is 5.34. The van der Waals surface area contributed by atoms with Gasteiger partial charge in [0.05, 0.1) is 0 Å². The fourth-order valence-corrected chi connectivity index (χ4v) is 2.80. The molecule has 20 heavy (non-hydrogen) atoms. The van der Waals surface area contributed by atoms with E-state index in [0.717, 1.165) is 24.4 Å². The van der Waals surface area contributed by atoms with Crippen molar-refractivity contribution < 1.29 is 4.79 Å². The van der Waals surface area contributed by atoms with Crippen LogP contribution in [-0.4, -0.2) is 25.0 Å². The maximum atomic E-state index is 11.4. The SMILES string of the molecule is CC(C)C(=O)NCCNC1CC(c2ccccc2Cl)C1. The molecule has 4 heteroatoms. The summed E-state index contributed by atoms with van der Waals surface area (Å²) in [5.74, 6) is 0.754. The van der Waals surface area contributed by atoms with Crippen LogP contribution < -0.4 is 10.6 Å². The van der Waals surface area contributed by atoms with E-state index in [2.05, 4.69) is 16.7 Å². The van der Waals surface area contributed by atoms with Crippen molar-refractivity contribution in [3.05, 3.63) is 34.9 Å². The Labute approximate surface area is 126 Å². The average Bonchev–Trinajstić information content (AvgIpc) is 2.37. The molecule has 2 rings (SSSR count). The molecule has 1 aromatic rings. The molecule has 0 aromatic heterocycles. The predicted molar refractivity (Wildman–Crippen MR) is 83.1 cm³/mol. The molecular formula is C16H23ClN2O. The molecule has 1 amide bonds. The van der Waals surface area contributed by atoms with Gasteiger partial charge < -0.3 is 10.6 Å². The minimum Gasteiger partial charge on any atom is -0.355 e. The van der Waals surface area contributed by atoms with Crippen molar-refractivity contribution >= 4 is 17.5 Å². The zero-order valence-electron chi connectivity index (χ0n) is 12.2. The fourth-order valence-electron chi connectivity index (χ4n) is 2.51. The molecule has 110 valence electrons. The molecule has 1 aromatic carbocycles. The van der Waals surface area contributed by atoms with Crippen LogP contribution in [0.5, 0.6) is 0 Å². The summed E-state index contributed by atoms with van der Waals surface area (Å²) in [4.78, 5) is 11.4. The zero-order chi connectivity index (χ0) is 14.5. The Kier molecular flexibility index (Phi) is 5.44. The zero-order valence-corrected chi connectivity index (χ0v) is 12.9. The van der Waals surface area contributed by atoms with E-state index in [1.165, 1.54) is 5.56 Å². The summed E-state index contributed by atoms with van der Waals surface area (Å²) in [6.07, 6.45) is 2.25. The number of carbonyl (C=O) groups excluding carboxylic acids is 1. The van der Waals surface area contributed by atoms with Gasteiger partial charge in [0.1, 0.15) is 0 Å². The Morgan fingerprint density at radius 1 is 1.30 bits per heavy atom. The third kappa shape index (κ3) is 3.97. The first-order valence-electron chi connectivity index (χ1n) is 7.33. The van der Waals surface area contributed by atoms with Crippen LogP contribution in [0, 0.1) is 5.92 Å². The molecule has 0 atom stereocenters. The Balaban J connectivity index is 1.63. The monoisotopic (exact) mass is 294 g/mol. The molecule has 1 fully saturated rings. The smallest absolute Gasteiger partial charge is 0.222 e. The summed E-state index contributed by atoms with van der Waals surface area (Å²) < 4.78 is 0. The highest BCUT2D eigenvalue weighted by Gasteiger charge is 2.30. The van der Waals surface area contributed by atoms with E-state index in [9.17, 15) is 4.79 Å². The van der Waals surface area contributed by atoms with E-state index >= 15 is 0 Å². The van der Waals surface area contributed by atoms with E-state index in [-0.39, 0.29) is 11.8 Å². The molecule has 0 bridgehead atoms. The highest BCUT2D eigenvalue weighted by molar-refractivity contribution is 6.31. The third-order valence-electron chi connectivity index (χ3n) is 3.86. The number of hydrogen-bond acceptors (Lipinski definition) is 2. The van der Waals surface area contributed by atoms with Crippen LogP contribution in [0.15, 0.2) is 24.3 Å². The largest absolute Gasteiger partial charge is 0.355 e. The van der Waals surface area contributed by atoms with Crippen LogP contribution in [0.3, 0.4) is 0 Å². The first-order chi connectivity index (χ1) is 9.58. The normalized spacial score (nSPS) is 21.6. The fraction of sp³-hybridized carbons (Fsp3) is 0.562. The molecule has 1 aliphatic carbocycles. The third-order valence-corrected chi connectivity index (χ3v) is 4.21. The number of rotatable bonds is 6. The van der Waals surface area contributed by atoms with Crippen molar-refractivity contribution in [3.8, 4) is 0 Å². The lowest BCUT2D eigenvalue weighted by Crippen LogP contribution is -2.44. The van der Waals surface area contributed by atoms with Gasteiger partial charge in [0.15, 0.2) is 0 Å². The van der Waals surface area contributed by atoms with E-state index in [0.29, 0.717) is 18.5 Å². The maximum absolute atomic E-state index is 11.4. The number of amides is 1. The molecule has 3 nitrogen and oxygen atoms in total. The molecule has 1 saturated carbocycles. The van der Waals surface area contributed by atoms with Crippen LogP contribution in [0.1, 0.15) is 38.2 Å².